The molecular weight excluding hydrogens is 312 g/mol. The monoisotopic (exact) mass is 338 g/mol. The van der Waals surface area contributed by atoms with Gasteiger partial charge in [-0.3, -0.25) is 9.48 Å². The first-order valence-electron chi connectivity index (χ1n) is 9.28. The van der Waals surface area contributed by atoms with Crippen molar-refractivity contribution in [3.63, 3.8) is 0 Å². The number of hydrogen-bond donors (Lipinski definition) is 2. The minimum Gasteiger partial charge on any atom is -0.350 e. The van der Waals surface area contributed by atoms with Gasteiger partial charge in [0, 0.05) is 24.7 Å². The van der Waals surface area contributed by atoms with Crippen LogP contribution in [0.1, 0.15) is 53.3 Å². The number of piperidine rings is 1. The molecule has 2 aliphatic rings. The minimum atomic E-state index is -0.0672. The van der Waals surface area contributed by atoms with Crippen LogP contribution in [0.3, 0.4) is 0 Å². The zero-order valence-electron chi connectivity index (χ0n) is 14.8. The van der Waals surface area contributed by atoms with Gasteiger partial charge >= 0.3 is 0 Å². The molecule has 1 aliphatic carbocycles. The van der Waals surface area contributed by atoms with Crippen LogP contribution in [0.5, 0.6) is 0 Å². The highest BCUT2D eigenvalue weighted by atomic mass is 16.1. The van der Waals surface area contributed by atoms with Crippen molar-refractivity contribution in [2.24, 2.45) is 0 Å². The molecule has 132 valence electrons. The van der Waals surface area contributed by atoms with Gasteiger partial charge in [-0.2, -0.15) is 5.10 Å². The number of carbonyl (C=O) groups excluding carboxylic acids is 1. The molecule has 5 nitrogen and oxygen atoms in total. The Labute approximate surface area is 148 Å². The summed E-state index contributed by atoms with van der Waals surface area (Å²) in [5, 5.41) is 11.0. The maximum Gasteiger partial charge on any atom is 0.271 e. The predicted octanol–water partition coefficient (Wildman–Crippen LogP) is 2.58. The third kappa shape index (κ3) is 3.33. The van der Waals surface area contributed by atoms with Crippen molar-refractivity contribution in [2.45, 2.75) is 44.1 Å². The molecule has 2 fully saturated rings. The van der Waals surface area contributed by atoms with Crippen LogP contribution in [0.2, 0.25) is 0 Å². The van der Waals surface area contributed by atoms with Gasteiger partial charge in [0.05, 0.1) is 6.04 Å². The summed E-state index contributed by atoms with van der Waals surface area (Å²) >= 11 is 0. The maximum absolute atomic E-state index is 12.5. The molecule has 1 saturated heterocycles. The molecule has 5 heteroatoms. The second-order valence-corrected chi connectivity index (χ2v) is 7.46. The Bertz CT molecular complexity index is 757. The average Bonchev–Trinajstić information content (AvgIpc) is 3.26. The fraction of sp³-hybridized carbons (Fsp3) is 0.500. The molecule has 0 spiro atoms. The van der Waals surface area contributed by atoms with E-state index in [2.05, 4.69) is 46.9 Å². The van der Waals surface area contributed by atoms with Crippen LogP contribution in [0, 0.1) is 6.92 Å². The number of aromatic nitrogens is 2. The minimum absolute atomic E-state index is 0.0672. The number of aryl methyl sites for hydroxylation is 1. The van der Waals surface area contributed by atoms with Crippen LogP contribution in [-0.4, -0.2) is 35.3 Å². The van der Waals surface area contributed by atoms with Crippen molar-refractivity contribution in [1.29, 1.82) is 0 Å². The van der Waals surface area contributed by atoms with Gasteiger partial charge in [0.2, 0.25) is 0 Å². The van der Waals surface area contributed by atoms with Gasteiger partial charge in [0.1, 0.15) is 5.69 Å². The second-order valence-electron chi connectivity index (χ2n) is 7.46. The third-order valence-electron chi connectivity index (χ3n) is 5.64. The number of nitrogens with one attached hydrogen (secondary N) is 2. The van der Waals surface area contributed by atoms with Crippen LogP contribution in [0.25, 0.3) is 0 Å². The zero-order valence-corrected chi connectivity index (χ0v) is 14.8. The summed E-state index contributed by atoms with van der Waals surface area (Å²) in [6.07, 6.45) is 6.48. The van der Waals surface area contributed by atoms with Crippen molar-refractivity contribution in [2.75, 3.05) is 19.6 Å². The lowest BCUT2D eigenvalue weighted by Crippen LogP contribution is -2.34. The van der Waals surface area contributed by atoms with E-state index < -0.39 is 0 Å². The van der Waals surface area contributed by atoms with Gasteiger partial charge in [-0.15, -0.1) is 0 Å². The topological polar surface area (TPSA) is 59.0 Å². The van der Waals surface area contributed by atoms with E-state index in [1.165, 1.54) is 11.1 Å². The molecule has 25 heavy (non-hydrogen) atoms. The van der Waals surface area contributed by atoms with E-state index in [1.807, 2.05) is 16.9 Å². The molecule has 1 saturated carbocycles. The largest absolute Gasteiger partial charge is 0.350 e. The summed E-state index contributed by atoms with van der Waals surface area (Å²) in [6, 6.07) is 10.7. The number of carbonyl (C=O) groups is 1. The Morgan fingerprint density at radius 3 is 2.92 bits per heavy atom. The normalized spacial score (nSPS) is 21.7. The molecule has 0 bridgehead atoms. The van der Waals surface area contributed by atoms with E-state index in [9.17, 15) is 4.79 Å². The highest BCUT2D eigenvalue weighted by Crippen LogP contribution is 2.48. The Balaban J connectivity index is 1.40. The van der Waals surface area contributed by atoms with Crippen LogP contribution in [-0.2, 0) is 5.41 Å². The Morgan fingerprint density at radius 1 is 1.36 bits per heavy atom. The highest BCUT2D eigenvalue weighted by molar-refractivity contribution is 5.92. The number of benzene rings is 1. The smallest absolute Gasteiger partial charge is 0.271 e. The predicted molar refractivity (Wildman–Crippen MR) is 97.8 cm³/mol. The van der Waals surface area contributed by atoms with Crippen molar-refractivity contribution in [3.05, 3.63) is 53.3 Å². The summed E-state index contributed by atoms with van der Waals surface area (Å²) in [5.74, 6) is -0.0672. The molecule has 1 aromatic heterocycles. The summed E-state index contributed by atoms with van der Waals surface area (Å²) in [4.78, 5) is 12.5. The van der Waals surface area contributed by atoms with Gasteiger partial charge < -0.3 is 10.6 Å². The van der Waals surface area contributed by atoms with Crippen LogP contribution >= 0.6 is 0 Å². The van der Waals surface area contributed by atoms with E-state index >= 15 is 0 Å². The van der Waals surface area contributed by atoms with Gasteiger partial charge in [0.15, 0.2) is 0 Å². The lowest BCUT2D eigenvalue weighted by molar-refractivity contribution is 0.0943. The summed E-state index contributed by atoms with van der Waals surface area (Å²) in [7, 11) is 0. The fourth-order valence-corrected chi connectivity index (χ4v) is 3.92. The first-order valence-corrected chi connectivity index (χ1v) is 9.28. The molecule has 1 unspecified atom stereocenters. The van der Waals surface area contributed by atoms with Crippen molar-refractivity contribution >= 4 is 5.91 Å². The van der Waals surface area contributed by atoms with E-state index in [0.29, 0.717) is 18.3 Å². The van der Waals surface area contributed by atoms with E-state index in [4.69, 9.17) is 0 Å². The number of hydrogen-bond acceptors (Lipinski definition) is 3. The Morgan fingerprint density at radius 2 is 2.20 bits per heavy atom. The second kappa shape index (κ2) is 6.64. The molecule has 4 rings (SSSR count). The molecule has 2 N–H and O–H groups in total. The Kier molecular flexibility index (Phi) is 4.34. The summed E-state index contributed by atoms with van der Waals surface area (Å²) < 4.78 is 1.94. The highest BCUT2D eigenvalue weighted by Gasteiger charge is 2.45. The molecular formula is C20H26N4O. The number of amides is 1. The first kappa shape index (κ1) is 16.3. The molecule has 2 heterocycles. The van der Waals surface area contributed by atoms with Crippen molar-refractivity contribution in [1.82, 2.24) is 20.4 Å². The van der Waals surface area contributed by atoms with E-state index in [1.54, 1.807) is 0 Å². The van der Waals surface area contributed by atoms with Crippen LogP contribution < -0.4 is 10.6 Å². The van der Waals surface area contributed by atoms with Gasteiger partial charge in [-0.1, -0.05) is 24.3 Å². The molecule has 1 atom stereocenters. The van der Waals surface area contributed by atoms with Crippen LogP contribution in [0.4, 0.5) is 0 Å². The molecule has 1 aliphatic heterocycles. The average molecular weight is 338 g/mol. The molecule has 0 radical (unpaired) electrons. The number of rotatable bonds is 5. The quantitative estimate of drug-likeness (QED) is 0.881. The molecule has 1 aromatic carbocycles. The first-order chi connectivity index (χ1) is 12.2. The zero-order chi connectivity index (χ0) is 17.3. The van der Waals surface area contributed by atoms with Gasteiger partial charge in [0.25, 0.3) is 5.91 Å². The molecule has 2 aromatic rings. The lowest BCUT2D eigenvalue weighted by atomic mass is 9.92. The number of nitrogens with zero attached hydrogens (tertiary/aromatic N) is 2. The SMILES string of the molecule is Cc1ccccc1C1(CNC(=O)c2ccn(C3CCCNC3)n2)CC1. The summed E-state index contributed by atoms with van der Waals surface area (Å²) in [5.41, 5.74) is 3.32. The van der Waals surface area contributed by atoms with E-state index in [0.717, 1.165) is 38.8 Å². The fourth-order valence-electron chi connectivity index (χ4n) is 3.92. The van der Waals surface area contributed by atoms with Crippen LogP contribution in [0.15, 0.2) is 36.5 Å². The Hall–Kier alpha value is -2.14. The lowest BCUT2D eigenvalue weighted by Gasteiger charge is -2.23. The van der Waals surface area contributed by atoms with E-state index in [-0.39, 0.29) is 11.3 Å². The van der Waals surface area contributed by atoms with Gasteiger partial charge in [-0.25, -0.2) is 0 Å². The van der Waals surface area contributed by atoms with Crippen molar-refractivity contribution < 1.29 is 4.79 Å². The standard InChI is InChI=1S/C20H26N4O/c1-15-5-2-3-7-17(15)20(9-10-20)14-22-19(25)18-8-12-24(23-18)16-6-4-11-21-13-16/h2-3,5,7-8,12,16,21H,4,6,9-11,13-14H2,1H3,(H,22,25). The maximum atomic E-state index is 12.5. The summed E-state index contributed by atoms with van der Waals surface area (Å²) in [6.45, 7) is 4.84. The third-order valence-corrected chi connectivity index (χ3v) is 5.64. The van der Waals surface area contributed by atoms with Crippen molar-refractivity contribution in [3.8, 4) is 0 Å². The van der Waals surface area contributed by atoms with Gasteiger partial charge in [-0.05, 0) is 56.3 Å². The molecule has 1 amide bonds.